The Morgan fingerprint density at radius 2 is 1.71 bits per heavy atom. The average Bonchev–Trinajstić information content (AvgIpc) is 2.83. The molecule has 2 amide bonds. The molecular weight excluding hydrogens is 500 g/mol. The van der Waals surface area contributed by atoms with Crippen molar-refractivity contribution in [3.8, 4) is 0 Å². The van der Waals surface area contributed by atoms with Crippen molar-refractivity contribution in [3.05, 3.63) is 59.1 Å². The van der Waals surface area contributed by atoms with Gasteiger partial charge < -0.3 is 15.8 Å². The number of halogens is 1. The van der Waals surface area contributed by atoms with E-state index in [0.29, 0.717) is 54.9 Å². The third kappa shape index (κ3) is 8.57. The van der Waals surface area contributed by atoms with Crippen molar-refractivity contribution >= 4 is 52.3 Å². The monoisotopic (exact) mass is 528 g/mol. The molecular formula is C22H29ClN4O5S2. The van der Waals surface area contributed by atoms with Crippen LogP contribution in [0.2, 0.25) is 5.02 Å². The zero-order valence-corrected chi connectivity index (χ0v) is 21.1. The number of nitrogens with one attached hydrogen (secondary N) is 1. The van der Waals surface area contributed by atoms with Crippen LogP contribution in [0.3, 0.4) is 0 Å². The Labute approximate surface area is 210 Å². The molecule has 0 aliphatic carbocycles. The normalized spacial score (nSPS) is 14.2. The fourth-order valence-electron chi connectivity index (χ4n) is 3.21. The highest BCUT2D eigenvalue weighted by Gasteiger charge is 2.25. The first-order chi connectivity index (χ1) is 16.3. The highest BCUT2D eigenvalue weighted by molar-refractivity contribution is 7.89. The molecule has 0 bridgehead atoms. The molecule has 2 aromatic rings. The molecule has 1 aliphatic rings. The Morgan fingerprint density at radius 1 is 1.12 bits per heavy atom. The van der Waals surface area contributed by atoms with Gasteiger partial charge in [0, 0.05) is 54.8 Å². The summed E-state index contributed by atoms with van der Waals surface area (Å²) in [5.74, 6) is 0.131. The summed E-state index contributed by atoms with van der Waals surface area (Å²) in [6, 6.07) is 12.7. The topological polar surface area (TPSA) is 122 Å². The lowest BCUT2D eigenvalue weighted by atomic mass is 10.2. The fraction of sp³-hybridized carbons (Fsp3) is 0.364. The number of hydrogen-bond donors (Lipinski definition) is 3. The number of primary amides is 1. The number of anilines is 1. The van der Waals surface area contributed by atoms with E-state index < -0.39 is 10.0 Å². The lowest BCUT2D eigenvalue weighted by molar-refractivity contribution is -0.106. The van der Waals surface area contributed by atoms with Gasteiger partial charge in [0.15, 0.2) is 0 Å². The maximum absolute atomic E-state index is 13.1. The van der Waals surface area contributed by atoms with Gasteiger partial charge in [-0.25, -0.2) is 8.42 Å². The second-order valence-electron chi connectivity index (χ2n) is 7.20. The summed E-state index contributed by atoms with van der Waals surface area (Å²) in [4.78, 5) is 23.3. The molecule has 0 atom stereocenters. The SMILES string of the molecule is NC=O.O=C(Nc1ccc(S(=O)(=O)N(CCS)CCN2CCOCC2)cc1)c1ccc(Cl)cc1. The predicted octanol–water partition coefficient (Wildman–Crippen LogP) is 1.95. The van der Waals surface area contributed by atoms with Crippen molar-refractivity contribution in [2.24, 2.45) is 5.73 Å². The number of nitrogens with zero attached hydrogens (tertiary/aromatic N) is 2. The molecule has 1 saturated heterocycles. The smallest absolute Gasteiger partial charge is 0.255 e. The quantitative estimate of drug-likeness (QED) is 0.338. The Balaban J connectivity index is 0.00000129. The summed E-state index contributed by atoms with van der Waals surface area (Å²) in [5.41, 5.74) is 5.14. The van der Waals surface area contributed by atoms with Gasteiger partial charge in [-0.15, -0.1) is 0 Å². The highest BCUT2D eigenvalue weighted by atomic mass is 35.5. The maximum atomic E-state index is 13.1. The van der Waals surface area contributed by atoms with Crippen LogP contribution in [0.4, 0.5) is 5.69 Å². The van der Waals surface area contributed by atoms with Gasteiger partial charge in [-0.2, -0.15) is 16.9 Å². The molecule has 2 aromatic carbocycles. The van der Waals surface area contributed by atoms with Gasteiger partial charge in [0.2, 0.25) is 16.4 Å². The molecule has 186 valence electrons. The number of carbonyl (C=O) groups excluding carboxylic acids is 2. The van der Waals surface area contributed by atoms with Gasteiger partial charge in [-0.05, 0) is 48.5 Å². The Hall–Kier alpha value is -2.15. The summed E-state index contributed by atoms with van der Waals surface area (Å²) >= 11 is 10.1. The van der Waals surface area contributed by atoms with E-state index >= 15 is 0 Å². The van der Waals surface area contributed by atoms with Gasteiger partial charge in [-0.3, -0.25) is 14.5 Å². The molecule has 0 spiro atoms. The van der Waals surface area contributed by atoms with Gasteiger partial charge in [-0.1, -0.05) is 11.6 Å². The molecule has 1 heterocycles. The zero-order valence-electron chi connectivity index (χ0n) is 18.6. The molecule has 0 radical (unpaired) electrons. The van der Waals surface area contributed by atoms with Crippen LogP contribution >= 0.6 is 24.2 Å². The highest BCUT2D eigenvalue weighted by Crippen LogP contribution is 2.20. The number of rotatable bonds is 9. The van der Waals surface area contributed by atoms with E-state index in [-0.39, 0.29) is 17.2 Å². The van der Waals surface area contributed by atoms with Crippen LogP contribution < -0.4 is 11.1 Å². The van der Waals surface area contributed by atoms with Crippen molar-refractivity contribution in [1.29, 1.82) is 0 Å². The molecule has 34 heavy (non-hydrogen) atoms. The van der Waals surface area contributed by atoms with Crippen molar-refractivity contribution in [1.82, 2.24) is 9.21 Å². The van der Waals surface area contributed by atoms with Gasteiger partial charge >= 0.3 is 0 Å². The summed E-state index contributed by atoms with van der Waals surface area (Å²) in [6.45, 7) is 4.30. The average molecular weight is 529 g/mol. The van der Waals surface area contributed by atoms with Crippen LogP contribution in [0.5, 0.6) is 0 Å². The van der Waals surface area contributed by atoms with E-state index in [9.17, 15) is 13.2 Å². The number of ether oxygens (including phenoxy) is 1. The minimum atomic E-state index is -3.67. The van der Waals surface area contributed by atoms with E-state index in [1.54, 1.807) is 36.4 Å². The van der Waals surface area contributed by atoms with E-state index in [1.807, 2.05) is 0 Å². The lowest BCUT2D eigenvalue weighted by Gasteiger charge is -2.29. The number of nitrogens with two attached hydrogens (primary N) is 1. The molecule has 3 rings (SSSR count). The number of morpholine rings is 1. The Morgan fingerprint density at radius 3 is 2.26 bits per heavy atom. The van der Waals surface area contributed by atoms with E-state index in [4.69, 9.17) is 21.1 Å². The number of thiol groups is 1. The minimum Gasteiger partial charge on any atom is -0.379 e. The number of amides is 2. The first-order valence-electron chi connectivity index (χ1n) is 10.5. The zero-order chi connectivity index (χ0) is 25.0. The Bertz CT molecular complexity index is 1010. The van der Waals surface area contributed by atoms with Crippen LogP contribution in [-0.2, 0) is 19.6 Å². The van der Waals surface area contributed by atoms with Crippen molar-refractivity contribution < 1.29 is 22.7 Å². The van der Waals surface area contributed by atoms with Crippen LogP contribution in [-0.4, -0.2) is 81.6 Å². The third-order valence-electron chi connectivity index (χ3n) is 4.98. The van der Waals surface area contributed by atoms with Gasteiger partial charge in [0.1, 0.15) is 0 Å². The second kappa shape index (κ2) is 14.3. The maximum Gasteiger partial charge on any atom is 0.255 e. The number of sulfonamides is 1. The third-order valence-corrected chi connectivity index (χ3v) is 7.34. The number of hydrogen-bond acceptors (Lipinski definition) is 7. The van der Waals surface area contributed by atoms with Crippen LogP contribution in [0.1, 0.15) is 10.4 Å². The van der Waals surface area contributed by atoms with Gasteiger partial charge in [0.05, 0.1) is 18.1 Å². The second-order valence-corrected chi connectivity index (χ2v) is 10.0. The molecule has 9 nitrogen and oxygen atoms in total. The fourth-order valence-corrected chi connectivity index (χ4v) is 5.14. The molecule has 1 aliphatic heterocycles. The number of benzene rings is 2. The molecule has 0 unspecified atom stereocenters. The van der Waals surface area contributed by atoms with Gasteiger partial charge in [0.25, 0.3) is 5.91 Å². The van der Waals surface area contributed by atoms with Crippen molar-refractivity contribution in [2.75, 3.05) is 57.0 Å². The van der Waals surface area contributed by atoms with E-state index in [2.05, 4.69) is 28.6 Å². The minimum absolute atomic E-state index is 0.181. The standard InChI is InChI=1S/C21H26ClN3O4S2.CH3NO/c22-18-3-1-17(2-4-18)21(26)23-19-5-7-20(8-6-19)31(27,28)25(13-16-30)10-9-24-11-14-29-15-12-24;2-1-3/h1-8,30H,9-16H2,(H,23,26);1H,(H2,2,3). The first kappa shape index (κ1) is 28.1. The van der Waals surface area contributed by atoms with E-state index in [0.717, 1.165) is 13.1 Å². The molecule has 1 fully saturated rings. The molecule has 12 heteroatoms. The van der Waals surface area contributed by atoms with Crippen molar-refractivity contribution in [2.45, 2.75) is 4.90 Å². The molecule has 0 aromatic heterocycles. The summed E-state index contributed by atoms with van der Waals surface area (Å²) in [7, 11) is -3.67. The van der Waals surface area contributed by atoms with Crippen molar-refractivity contribution in [3.63, 3.8) is 0 Å². The van der Waals surface area contributed by atoms with E-state index in [1.165, 1.54) is 16.4 Å². The number of carbonyl (C=O) groups is 2. The summed E-state index contributed by atoms with van der Waals surface area (Å²) in [6.07, 6.45) is 0.250. The lowest BCUT2D eigenvalue weighted by Crippen LogP contribution is -2.43. The Kier molecular flexibility index (Phi) is 11.8. The predicted molar refractivity (Wildman–Crippen MR) is 136 cm³/mol. The largest absolute Gasteiger partial charge is 0.379 e. The molecule has 0 saturated carbocycles. The van der Waals surface area contributed by atoms with Crippen LogP contribution in [0.25, 0.3) is 0 Å². The summed E-state index contributed by atoms with van der Waals surface area (Å²) < 4.78 is 33.1. The molecule has 3 N–H and O–H groups in total. The van der Waals surface area contributed by atoms with Crippen LogP contribution in [0.15, 0.2) is 53.4 Å². The van der Waals surface area contributed by atoms with Crippen LogP contribution in [0, 0.1) is 0 Å². The summed E-state index contributed by atoms with van der Waals surface area (Å²) in [5, 5.41) is 3.30. The first-order valence-corrected chi connectivity index (χ1v) is 13.0.